The summed E-state index contributed by atoms with van der Waals surface area (Å²) in [6.07, 6.45) is 7.40. The van der Waals surface area contributed by atoms with Gasteiger partial charge in [0.15, 0.2) is 0 Å². The zero-order chi connectivity index (χ0) is 19.1. The molecule has 0 aliphatic carbocycles. The highest BCUT2D eigenvalue weighted by Gasteiger charge is 2.02. The second kappa shape index (κ2) is 16.6. The number of nitrogens with zero attached hydrogens (tertiary/aromatic N) is 4. The van der Waals surface area contributed by atoms with Crippen molar-refractivity contribution in [2.24, 2.45) is 27.0 Å². The first kappa shape index (κ1) is 26.3. The molecule has 1 rings (SSSR count). The molecular weight excluding hydrogens is 344 g/mol. The minimum atomic E-state index is 0. The van der Waals surface area contributed by atoms with Crippen LogP contribution in [0.5, 0.6) is 0 Å². The van der Waals surface area contributed by atoms with Gasteiger partial charge in [-0.3, -0.25) is 10.4 Å². The Bertz CT molecular complexity index is 544. The van der Waals surface area contributed by atoms with Gasteiger partial charge in [0.1, 0.15) is 5.82 Å². The van der Waals surface area contributed by atoms with E-state index < -0.39 is 0 Å². The van der Waals surface area contributed by atoms with Crippen LogP contribution in [0.15, 0.2) is 33.5 Å². The third-order valence-electron chi connectivity index (χ3n) is 3.48. The van der Waals surface area contributed by atoms with E-state index in [1.165, 1.54) is 5.56 Å². The van der Waals surface area contributed by atoms with E-state index in [2.05, 4.69) is 59.4 Å². The highest BCUT2D eigenvalue weighted by Crippen LogP contribution is 2.18. The van der Waals surface area contributed by atoms with E-state index in [4.69, 9.17) is 5.84 Å². The van der Waals surface area contributed by atoms with Gasteiger partial charge in [-0.1, -0.05) is 33.8 Å². The molecule has 1 aromatic rings. The molecule has 6 nitrogen and oxygen atoms in total. The maximum Gasteiger partial charge on any atom is 0.146 e. The summed E-state index contributed by atoms with van der Waals surface area (Å²) in [6.45, 7) is 13.3. The van der Waals surface area contributed by atoms with E-state index in [0.717, 1.165) is 30.9 Å². The predicted molar refractivity (Wildman–Crippen MR) is 123 cm³/mol. The van der Waals surface area contributed by atoms with E-state index in [9.17, 15) is 0 Å². The third kappa shape index (κ3) is 12.5. The molecular formula is C19H38N6S. The van der Waals surface area contributed by atoms with Gasteiger partial charge >= 0.3 is 0 Å². The maximum absolute atomic E-state index is 5.16. The van der Waals surface area contributed by atoms with Gasteiger partial charge in [0.05, 0.1) is 5.71 Å². The molecule has 0 amide bonds. The van der Waals surface area contributed by atoms with Crippen molar-refractivity contribution in [1.82, 2.24) is 4.98 Å². The van der Waals surface area contributed by atoms with Crippen molar-refractivity contribution in [3.8, 4) is 0 Å². The van der Waals surface area contributed by atoms with Gasteiger partial charge in [-0.25, -0.2) is 4.98 Å². The average molecular weight is 383 g/mol. The second-order valence-corrected chi connectivity index (χ2v) is 6.13. The quantitative estimate of drug-likeness (QED) is 0.384. The zero-order valence-electron chi connectivity index (χ0n) is 17.0. The topological polar surface area (TPSA) is 88.0 Å². The van der Waals surface area contributed by atoms with Crippen molar-refractivity contribution in [3.05, 3.63) is 23.9 Å². The van der Waals surface area contributed by atoms with Crippen LogP contribution < -0.4 is 11.3 Å². The van der Waals surface area contributed by atoms with Gasteiger partial charge in [-0.15, -0.1) is 0 Å². The molecule has 1 aromatic heterocycles. The van der Waals surface area contributed by atoms with E-state index in [0.29, 0.717) is 11.8 Å². The number of anilines is 1. The number of hydrogen-bond acceptors (Lipinski definition) is 6. The molecule has 0 spiro atoms. The molecule has 7 heteroatoms. The Morgan fingerprint density at radius 1 is 1.31 bits per heavy atom. The lowest BCUT2D eigenvalue weighted by molar-refractivity contribution is 0.686. The van der Waals surface area contributed by atoms with Crippen molar-refractivity contribution < 1.29 is 1.43 Å². The van der Waals surface area contributed by atoms with Crippen LogP contribution in [0.2, 0.25) is 0 Å². The number of aliphatic imine (C=N–C) groups is 1. The standard InChI is InChI=1S/C11H17N3.C8H17N3.H2S.H2/c1-4-9(3)10-6-7-11(12-8-10)14-13-5-2;1-4-10-6-8(11-9)5-7(2)3;;/h5-9H,4H2,1-3H3,(H,12,14);6-7H,4-5,9H2,1-3H3;1H2;1H/b13-5+;10-6?,11-8-;;. The Morgan fingerprint density at radius 3 is 2.42 bits per heavy atom. The lowest BCUT2D eigenvalue weighted by Gasteiger charge is -2.08. The van der Waals surface area contributed by atoms with Crippen molar-refractivity contribution >= 4 is 37.5 Å². The average Bonchev–Trinajstić information content (AvgIpc) is 2.63. The SMILES string of the molecule is C/C=N/Nc1ccc(C(C)CC)cn1.CCN=C/C(CC(C)C)=N\N.S.[HH]. The van der Waals surface area contributed by atoms with Gasteiger partial charge < -0.3 is 5.84 Å². The van der Waals surface area contributed by atoms with Crippen LogP contribution in [0.1, 0.15) is 67.3 Å². The highest BCUT2D eigenvalue weighted by molar-refractivity contribution is 7.59. The summed E-state index contributed by atoms with van der Waals surface area (Å²) in [5, 5.41) is 7.53. The molecule has 0 radical (unpaired) electrons. The summed E-state index contributed by atoms with van der Waals surface area (Å²) in [5.41, 5.74) is 4.99. The zero-order valence-corrected chi connectivity index (χ0v) is 18.0. The third-order valence-corrected chi connectivity index (χ3v) is 3.48. The number of pyridine rings is 1. The summed E-state index contributed by atoms with van der Waals surface area (Å²) in [4.78, 5) is 8.32. The van der Waals surface area contributed by atoms with Crippen LogP contribution in [0, 0.1) is 5.92 Å². The van der Waals surface area contributed by atoms with Crippen molar-refractivity contribution in [2.75, 3.05) is 12.0 Å². The largest absolute Gasteiger partial charge is 0.323 e. The lowest BCUT2D eigenvalue weighted by Crippen LogP contribution is -2.07. The molecule has 1 heterocycles. The fourth-order valence-electron chi connectivity index (χ4n) is 1.88. The number of hydrogen-bond donors (Lipinski definition) is 2. The number of rotatable bonds is 8. The highest BCUT2D eigenvalue weighted by atomic mass is 32.1. The first-order chi connectivity index (χ1) is 12.0. The molecule has 0 aliphatic rings. The van der Waals surface area contributed by atoms with Gasteiger partial charge in [0.25, 0.3) is 0 Å². The van der Waals surface area contributed by atoms with Crippen LogP contribution >= 0.6 is 13.5 Å². The number of hydrazone groups is 2. The molecule has 0 aromatic carbocycles. The Labute approximate surface area is 167 Å². The fraction of sp³-hybridized carbons (Fsp3) is 0.579. The van der Waals surface area contributed by atoms with E-state index in [-0.39, 0.29) is 14.9 Å². The molecule has 0 bridgehead atoms. The minimum Gasteiger partial charge on any atom is -0.323 e. The van der Waals surface area contributed by atoms with Crippen LogP contribution in [-0.4, -0.2) is 29.7 Å². The molecule has 1 atom stereocenters. The summed E-state index contributed by atoms with van der Waals surface area (Å²) in [7, 11) is 0. The van der Waals surface area contributed by atoms with Crippen molar-refractivity contribution in [3.63, 3.8) is 0 Å². The van der Waals surface area contributed by atoms with Crippen LogP contribution in [-0.2, 0) is 0 Å². The molecule has 0 saturated carbocycles. The molecule has 26 heavy (non-hydrogen) atoms. The van der Waals surface area contributed by atoms with Crippen molar-refractivity contribution in [1.29, 1.82) is 0 Å². The Morgan fingerprint density at radius 2 is 2.00 bits per heavy atom. The van der Waals surface area contributed by atoms with E-state index in [1.807, 2.05) is 26.1 Å². The molecule has 0 aliphatic heterocycles. The summed E-state index contributed by atoms with van der Waals surface area (Å²) < 4.78 is 0. The van der Waals surface area contributed by atoms with Crippen molar-refractivity contribution in [2.45, 2.75) is 60.3 Å². The van der Waals surface area contributed by atoms with Gasteiger partial charge in [-0.05, 0) is 50.2 Å². The Hall–Kier alpha value is -1.89. The van der Waals surface area contributed by atoms with E-state index in [1.54, 1.807) is 12.4 Å². The number of aromatic nitrogens is 1. The fourth-order valence-corrected chi connectivity index (χ4v) is 1.88. The lowest BCUT2D eigenvalue weighted by atomic mass is 10.0. The molecule has 150 valence electrons. The Balaban J connectivity index is -0.000000408. The van der Waals surface area contributed by atoms with Crippen LogP contribution in [0.25, 0.3) is 0 Å². The Kier molecular flexibility index (Phi) is 16.8. The normalized spacial score (nSPS) is 12.7. The predicted octanol–water partition coefficient (Wildman–Crippen LogP) is 4.81. The van der Waals surface area contributed by atoms with Gasteiger partial charge in [0, 0.05) is 26.6 Å². The van der Waals surface area contributed by atoms with Gasteiger partial charge in [-0.2, -0.15) is 23.7 Å². The van der Waals surface area contributed by atoms with E-state index >= 15 is 0 Å². The first-order valence-corrected chi connectivity index (χ1v) is 8.94. The summed E-state index contributed by atoms with van der Waals surface area (Å²) >= 11 is 0. The summed E-state index contributed by atoms with van der Waals surface area (Å²) in [6, 6.07) is 4.04. The second-order valence-electron chi connectivity index (χ2n) is 6.13. The minimum absolute atomic E-state index is 0. The molecule has 0 saturated heterocycles. The van der Waals surface area contributed by atoms with Crippen LogP contribution in [0.3, 0.4) is 0 Å². The monoisotopic (exact) mass is 382 g/mol. The molecule has 3 N–H and O–H groups in total. The van der Waals surface area contributed by atoms with Crippen LogP contribution in [0.4, 0.5) is 5.82 Å². The first-order valence-electron chi connectivity index (χ1n) is 8.94. The maximum atomic E-state index is 5.16. The smallest absolute Gasteiger partial charge is 0.146 e. The summed E-state index contributed by atoms with van der Waals surface area (Å²) in [5.74, 6) is 7.10. The number of nitrogens with two attached hydrogens (primary N) is 1. The molecule has 1 unspecified atom stereocenters. The number of nitrogens with one attached hydrogen (secondary N) is 1. The molecule has 0 fully saturated rings. The van der Waals surface area contributed by atoms with Gasteiger partial charge in [0.2, 0.25) is 0 Å².